The van der Waals surface area contributed by atoms with Crippen LogP contribution < -0.4 is 11.5 Å². The number of ether oxygens (including phenoxy) is 2. The van der Waals surface area contributed by atoms with Crippen molar-refractivity contribution in [2.75, 3.05) is 18.1 Å². The van der Waals surface area contributed by atoms with E-state index >= 15 is 4.39 Å². The first-order valence-electron chi connectivity index (χ1n) is 12.7. The SMILES string of the molecule is Nc1ncnc2c1ncn2[C@@H]1O[C@H](COP(=O)(O)O)[C@@H](OP(=O)(O)/C=C/[C@H]2O[C@@H](n3cnc4c(N)ncnc43)C[C@@H]2O)[C@H]1F. The molecule has 23 heteroatoms. The number of fused-ring (bicyclic) bond motifs is 2. The van der Waals surface area contributed by atoms with Crippen LogP contribution in [0.3, 0.4) is 0 Å². The number of anilines is 2. The Morgan fingerprint density at radius 3 is 2.23 bits per heavy atom. The second-order valence-electron chi connectivity index (χ2n) is 9.80. The highest BCUT2D eigenvalue weighted by Crippen LogP contribution is 2.51. The van der Waals surface area contributed by atoms with Gasteiger partial charge < -0.3 is 40.7 Å². The van der Waals surface area contributed by atoms with Crippen LogP contribution in [-0.2, 0) is 27.7 Å². The molecule has 0 aromatic carbocycles. The number of alkyl halides is 1. The van der Waals surface area contributed by atoms with E-state index < -0.39 is 65.1 Å². The molecule has 0 radical (unpaired) electrons. The van der Waals surface area contributed by atoms with Crippen LogP contribution in [-0.4, -0.2) is 96.0 Å². The molecule has 4 aromatic heterocycles. The van der Waals surface area contributed by atoms with Crippen LogP contribution in [0.5, 0.6) is 0 Å². The maximum Gasteiger partial charge on any atom is 0.469 e. The standard InChI is InChI=1S/C21H25FN10O10P2/c22-13-16(11(4-39-44(36,37)38)41-21(13)32-8-30-15-18(24)26-6-28-20(15)32)42-43(34,35)2-1-10-9(33)3-12(40-10)31-7-29-14-17(23)25-5-27-19(14)31/h1-2,5-13,16,21,33H,3-4H2,(H,34,35)(H2,23,25,27)(H2,24,26,28)(H2,36,37,38)/b2-1+/t9-,10+,11+,12+,13+,16+,21+/m0/s1. The number of nitrogens with two attached hydrogens (primary N) is 2. The van der Waals surface area contributed by atoms with Gasteiger partial charge in [0.25, 0.3) is 0 Å². The monoisotopic (exact) mass is 658 g/mol. The zero-order chi connectivity index (χ0) is 31.4. The number of phosphoric acid groups is 1. The van der Waals surface area contributed by atoms with E-state index in [1.54, 1.807) is 0 Å². The molecule has 0 aliphatic carbocycles. The smallest absolute Gasteiger partial charge is 0.390 e. The minimum Gasteiger partial charge on any atom is -0.390 e. The lowest BCUT2D eigenvalue weighted by Gasteiger charge is -2.21. The van der Waals surface area contributed by atoms with Crippen LogP contribution in [0, 0.1) is 0 Å². The number of aliphatic hydroxyl groups excluding tert-OH is 1. The van der Waals surface area contributed by atoms with Crippen molar-refractivity contribution in [1.29, 1.82) is 0 Å². The molecular formula is C21H25FN10O10P2. The molecule has 2 fully saturated rings. The van der Waals surface area contributed by atoms with Crippen LogP contribution in [0.15, 0.2) is 37.2 Å². The second-order valence-corrected chi connectivity index (χ2v) is 12.7. The Kier molecular flexibility index (Phi) is 7.95. The average Bonchev–Trinajstić information content (AvgIpc) is 3.72. The van der Waals surface area contributed by atoms with Gasteiger partial charge in [0, 0.05) is 12.2 Å². The van der Waals surface area contributed by atoms with Gasteiger partial charge in [-0.3, -0.25) is 22.7 Å². The largest absolute Gasteiger partial charge is 0.469 e. The van der Waals surface area contributed by atoms with E-state index in [1.165, 1.54) is 17.2 Å². The third kappa shape index (κ3) is 5.94. The van der Waals surface area contributed by atoms with Gasteiger partial charge in [0.05, 0.1) is 25.4 Å². The van der Waals surface area contributed by atoms with Gasteiger partial charge in [-0.05, 0) is 6.08 Å². The molecule has 0 saturated carbocycles. The van der Waals surface area contributed by atoms with Gasteiger partial charge in [-0.25, -0.2) is 38.9 Å². The summed E-state index contributed by atoms with van der Waals surface area (Å²) in [6.45, 7) is -0.904. The number of imidazole rings is 2. The highest BCUT2D eigenvalue weighted by Gasteiger charge is 2.50. The van der Waals surface area contributed by atoms with Crippen molar-refractivity contribution in [3.05, 3.63) is 37.2 Å². The molecule has 0 spiro atoms. The Bertz CT molecular complexity index is 1820. The highest BCUT2D eigenvalue weighted by atomic mass is 31.2. The molecule has 0 amide bonds. The van der Waals surface area contributed by atoms with Crippen LogP contribution in [0.1, 0.15) is 18.9 Å². The first-order chi connectivity index (χ1) is 20.8. The van der Waals surface area contributed by atoms with Crippen molar-refractivity contribution < 1.29 is 51.8 Å². The minimum atomic E-state index is -5.05. The van der Waals surface area contributed by atoms with Gasteiger partial charge in [-0.2, -0.15) is 0 Å². The second kappa shape index (κ2) is 11.5. The lowest BCUT2D eigenvalue weighted by molar-refractivity contribution is -0.0432. The van der Waals surface area contributed by atoms with E-state index in [0.29, 0.717) is 17.0 Å². The zero-order valence-corrected chi connectivity index (χ0v) is 24.0. The maximum absolute atomic E-state index is 15.8. The molecular weight excluding hydrogens is 633 g/mol. The van der Waals surface area contributed by atoms with Crippen LogP contribution in [0.4, 0.5) is 16.0 Å². The Morgan fingerprint density at radius 1 is 0.977 bits per heavy atom. The summed E-state index contributed by atoms with van der Waals surface area (Å²) in [6, 6.07) is 0. The molecule has 0 bridgehead atoms. The number of nitrogen functional groups attached to an aromatic ring is 2. The number of hydrogen-bond acceptors (Lipinski definition) is 15. The predicted molar refractivity (Wildman–Crippen MR) is 145 cm³/mol. The van der Waals surface area contributed by atoms with Crippen molar-refractivity contribution in [1.82, 2.24) is 39.0 Å². The molecule has 20 nitrogen and oxygen atoms in total. The van der Waals surface area contributed by atoms with E-state index in [2.05, 4.69) is 34.4 Å². The Balaban J connectivity index is 1.20. The van der Waals surface area contributed by atoms with Gasteiger partial charge in [-0.1, -0.05) is 0 Å². The number of nitrogens with zero attached hydrogens (tertiary/aromatic N) is 8. The molecule has 6 rings (SSSR count). The number of rotatable bonds is 9. The average molecular weight is 658 g/mol. The molecule has 2 saturated heterocycles. The first kappa shape index (κ1) is 30.5. The maximum atomic E-state index is 15.8. The lowest BCUT2D eigenvalue weighted by Crippen LogP contribution is -2.33. The van der Waals surface area contributed by atoms with E-state index in [1.807, 2.05) is 0 Å². The fourth-order valence-corrected chi connectivity index (χ4v) is 6.31. The van der Waals surface area contributed by atoms with Gasteiger partial charge >= 0.3 is 15.4 Å². The van der Waals surface area contributed by atoms with E-state index in [9.17, 15) is 19.1 Å². The normalized spacial score (nSPS) is 29.2. The number of hydrogen-bond donors (Lipinski definition) is 6. The van der Waals surface area contributed by atoms with Crippen molar-refractivity contribution in [2.45, 2.75) is 49.5 Å². The van der Waals surface area contributed by atoms with Crippen molar-refractivity contribution >= 4 is 49.4 Å². The Morgan fingerprint density at radius 2 is 1.59 bits per heavy atom. The minimum absolute atomic E-state index is 0.00137. The fraction of sp³-hybridized carbons (Fsp3) is 0.429. The predicted octanol–water partition coefficient (Wildman–Crippen LogP) is -0.0919. The first-order valence-corrected chi connectivity index (χ1v) is 15.9. The van der Waals surface area contributed by atoms with Gasteiger partial charge in [0.15, 0.2) is 35.3 Å². The summed E-state index contributed by atoms with van der Waals surface area (Å²) >= 11 is 0. The summed E-state index contributed by atoms with van der Waals surface area (Å²) in [4.78, 5) is 52.9. The summed E-state index contributed by atoms with van der Waals surface area (Å²) in [7, 11) is -9.86. The molecule has 4 aromatic rings. The van der Waals surface area contributed by atoms with Gasteiger partial charge in [0.2, 0.25) is 0 Å². The Hall–Kier alpha value is -3.49. The van der Waals surface area contributed by atoms with Crippen molar-refractivity contribution in [2.24, 2.45) is 0 Å². The quantitative estimate of drug-likeness (QED) is 0.128. The Labute approximate surface area is 245 Å². The van der Waals surface area contributed by atoms with E-state index in [4.69, 9.17) is 35.3 Å². The number of halogens is 1. The number of aromatic nitrogens is 8. The molecule has 2 aliphatic rings. The summed E-state index contributed by atoms with van der Waals surface area (Å²) in [6.07, 6.45) is -4.16. The molecule has 8 N–H and O–H groups in total. The van der Waals surface area contributed by atoms with Gasteiger partial charge in [0.1, 0.15) is 48.2 Å². The van der Waals surface area contributed by atoms with E-state index in [0.717, 1.165) is 23.3 Å². The lowest BCUT2D eigenvalue weighted by atomic mass is 10.1. The van der Waals surface area contributed by atoms with Crippen LogP contribution >= 0.6 is 15.4 Å². The highest BCUT2D eigenvalue weighted by molar-refractivity contribution is 7.56. The van der Waals surface area contributed by atoms with Gasteiger partial charge in [-0.15, -0.1) is 0 Å². The van der Waals surface area contributed by atoms with Crippen LogP contribution in [0.2, 0.25) is 0 Å². The van der Waals surface area contributed by atoms with E-state index in [-0.39, 0.29) is 29.2 Å². The van der Waals surface area contributed by atoms with Crippen molar-refractivity contribution in [3.8, 4) is 0 Å². The molecule has 6 heterocycles. The third-order valence-electron chi connectivity index (χ3n) is 6.91. The third-order valence-corrected chi connectivity index (χ3v) is 8.49. The molecule has 2 aliphatic heterocycles. The number of aliphatic hydroxyl groups is 1. The summed E-state index contributed by atoms with van der Waals surface area (Å²) in [5.74, 6) is 0.852. The molecule has 236 valence electrons. The van der Waals surface area contributed by atoms with Crippen LogP contribution in [0.25, 0.3) is 22.3 Å². The number of phosphoric ester groups is 1. The molecule has 8 atom stereocenters. The molecule has 1 unspecified atom stereocenters. The zero-order valence-electron chi connectivity index (χ0n) is 22.2. The summed E-state index contributed by atoms with van der Waals surface area (Å²) < 4.78 is 64.1. The summed E-state index contributed by atoms with van der Waals surface area (Å²) in [5, 5.41) is 10.6. The fourth-order valence-electron chi connectivity index (χ4n) is 4.91. The topological polar surface area (TPSA) is 291 Å². The summed E-state index contributed by atoms with van der Waals surface area (Å²) in [5.41, 5.74) is 12.5. The van der Waals surface area contributed by atoms with Crippen molar-refractivity contribution in [3.63, 3.8) is 0 Å². The molecule has 44 heavy (non-hydrogen) atoms.